The normalized spacial score (nSPS) is 15.1. The number of anilines is 1. The molecule has 0 radical (unpaired) electrons. The monoisotopic (exact) mass is 236 g/mol. The van der Waals surface area contributed by atoms with Gasteiger partial charge in [-0.2, -0.15) is 4.98 Å². The molecule has 1 aromatic rings. The van der Waals surface area contributed by atoms with Gasteiger partial charge in [-0.3, -0.25) is 0 Å². The van der Waals surface area contributed by atoms with Gasteiger partial charge in [-0.1, -0.05) is 0 Å². The predicted octanol–water partition coefficient (Wildman–Crippen LogP) is 1.34. The highest BCUT2D eigenvalue weighted by molar-refractivity contribution is 5.39. The second kappa shape index (κ2) is 5.31. The average molecular weight is 236 g/mol. The van der Waals surface area contributed by atoms with E-state index in [1.54, 1.807) is 7.11 Å². The quantitative estimate of drug-likeness (QED) is 0.807. The summed E-state index contributed by atoms with van der Waals surface area (Å²) >= 11 is 0. The summed E-state index contributed by atoms with van der Waals surface area (Å²) in [4.78, 5) is 11.0. The summed E-state index contributed by atoms with van der Waals surface area (Å²) in [6.07, 6.45) is 2.40. The lowest BCUT2D eigenvalue weighted by molar-refractivity contribution is 0.395. The molecular formula is C12H20N4O. The van der Waals surface area contributed by atoms with Crippen molar-refractivity contribution >= 4 is 5.82 Å². The van der Waals surface area contributed by atoms with Crippen LogP contribution in [0, 0.1) is 0 Å². The molecule has 0 amide bonds. The lowest BCUT2D eigenvalue weighted by atomic mass is 10.4. The lowest BCUT2D eigenvalue weighted by Gasteiger charge is -2.12. The van der Waals surface area contributed by atoms with Crippen molar-refractivity contribution in [3.8, 4) is 5.88 Å². The fourth-order valence-corrected chi connectivity index (χ4v) is 1.57. The molecule has 5 heteroatoms. The van der Waals surface area contributed by atoms with Crippen LogP contribution in [0.5, 0.6) is 5.88 Å². The Balaban J connectivity index is 2.01. The summed E-state index contributed by atoms with van der Waals surface area (Å²) in [5, 5.41) is 3.30. The minimum absolute atomic E-state index is 0.541. The zero-order valence-electron chi connectivity index (χ0n) is 10.7. The molecule has 17 heavy (non-hydrogen) atoms. The zero-order chi connectivity index (χ0) is 12.3. The van der Waals surface area contributed by atoms with E-state index in [2.05, 4.69) is 34.3 Å². The third-order valence-corrected chi connectivity index (χ3v) is 2.74. The van der Waals surface area contributed by atoms with Gasteiger partial charge in [0.1, 0.15) is 11.6 Å². The van der Waals surface area contributed by atoms with Crippen molar-refractivity contribution in [2.24, 2.45) is 0 Å². The van der Waals surface area contributed by atoms with Crippen LogP contribution in [0.3, 0.4) is 0 Å². The van der Waals surface area contributed by atoms with Crippen LogP contribution in [0.2, 0.25) is 0 Å². The van der Waals surface area contributed by atoms with Crippen molar-refractivity contribution in [1.82, 2.24) is 14.9 Å². The molecule has 0 bridgehead atoms. The molecule has 2 rings (SSSR count). The number of nitrogens with zero attached hydrogens (tertiary/aromatic N) is 3. The Morgan fingerprint density at radius 1 is 1.41 bits per heavy atom. The molecule has 0 aliphatic heterocycles. The van der Waals surface area contributed by atoms with Crippen LogP contribution in [0.1, 0.15) is 24.6 Å². The van der Waals surface area contributed by atoms with Crippen LogP contribution >= 0.6 is 0 Å². The van der Waals surface area contributed by atoms with Crippen molar-refractivity contribution < 1.29 is 4.74 Å². The van der Waals surface area contributed by atoms with E-state index in [0.717, 1.165) is 24.7 Å². The molecule has 0 saturated heterocycles. The standard InChI is InChI=1S/C12H20N4O/c1-16(2)7-6-13-10-8-11(17-3)15-12(14-10)9-4-5-9/h8-9H,4-7H2,1-3H3,(H,13,14,15). The molecule has 1 fully saturated rings. The Kier molecular flexibility index (Phi) is 3.78. The molecular weight excluding hydrogens is 216 g/mol. The van der Waals surface area contributed by atoms with E-state index in [4.69, 9.17) is 4.74 Å². The Hall–Kier alpha value is -1.36. The first kappa shape index (κ1) is 12.1. The third-order valence-electron chi connectivity index (χ3n) is 2.74. The SMILES string of the molecule is COc1cc(NCCN(C)C)nc(C2CC2)n1. The van der Waals surface area contributed by atoms with Gasteiger partial charge in [0, 0.05) is 25.1 Å². The van der Waals surface area contributed by atoms with Crippen LogP contribution in [0.4, 0.5) is 5.82 Å². The smallest absolute Gasteiger partial charge is 0.218 e. The van der Waals surface area contributed by atoms with Crippen LogP contribution in [0.15, 0.2) is 6.07 Å². The molecule has 0 spiro atoms. The van der Waals surface area contributed by atoms with Gasteiger partial charge in [-0.15, -0.1) is 0 Å². The van der Waals surface area contributed by atoms with Crippen molar-refractivity contribution in [3.05, 3.63) is 11.9 Å². The summed E-state index contributed by atoms with van der Waals surface area (Å²) in [6.45, 7) is 1.85. The van der Waals surface area contributed by atoms with Gasteiger partial charge in [0.25, 0.3) is 0 Å². The van der Waals surface area contributed by atoms with Gasteiger partial charge < -0.3 is 15.0 Å². The Morgan fingerprint density at radius 3 is 2.76 bits per heavy atom. The molecule has 94 valence electrons. The number of likely N-dealkylation sites (N-methyl/N-ethyl adjacent to an activating group) is 1. The number of hydrogen-bond acceptors (Lipinski definition) is 5. The Bertz CT molecular complexity index is 377. The summed E-state index contributed by atoms with van der Waals surface area (Å²) in [7, 11) is 5.75. The third kappa shape index (κ3) is 3.56. The highest BCUT2D eigenvalue weighted by Gasteiger charge is 2.27. The van der Waals surface area contributed by atoms with E-state index in [1.807, 2.05) is 6.07 Å². The summed E-state index contributed by atoms with van der Waals surface area (Å²) in [6, 6.07) is 1.85. The highest BCUT2D eigenvalue weighted by Crippen LogP contribution is 2.38. The van der Waals surface area contributed by atoms with E-state index >= 15 is 0 Å². The molecule has 1 aromatic heterocycles. The second-order valence-electron chi connectivity index (χ2n) is 4.66. The number of hydrogen-bond donors (Lipinski definition) is 1. The first-order valence-corrected chi connectivity index (χ1v) is 6.00. The molecule has 5 nitrogen and oxygen atoms in total. The van der Waals surface area contributed by atoms with Crippen molar-refractivity contribution in [3.63, 3.8) is 0 Å². The van der Waals surface area contributed by atoms with Gasteiger partial charge in [0.2, 0.25) is 5.88 Å². The number of methoxy groups -OCH3 is 1. The summed E-state index contributed by atoms with van der Waals surface area (Å²) < 4.78 is 5.20. The topological polar surface area (TPSA) is 50.3 Å². The van der Waals surface area contributed by atoms with Crippen molar-refractivity contribution in [2.75, 3.05) is 39.6 Å². The van der Waals surface area contributed by atoms with Gasteiger partial charge in [-0.25, -0.2) is 4.98 Å². The lowest BCUT2D eigenvalue weighted by Crippen LogP contribution is -2.21. The molecule has 1 aliphatic rings. The number of aromatic nitrogens is 2. The van der Waals surface area contributed by atoms with Crippen molar-refractivity contribution in [1.29, 1.82) is 0 Å². The highest BCUT2D eigenvalue weighted by atomic mass is 16.5. The number of rotatable bonds is 6. The van der Waals surface area contributed by atoms with E-state index in [1.165, 1.54) is 12.8 Å². The van der Waals surface area contributed by atoms with Gasteiger partial charge in [0.05, 0.1) is 7.11 Å². The van der Waals surface area contributed by atoms with Gasteiger partial charge >= 0.3 is 0 Å². The molecule has 1 N–H and O–H groups in total. The zero-order valence-corrected chi connectivity index (χ0v) is 10.7. The molecule has 1 aliphatic carbocycles. The summed E-state index contributed by atoms with van der Waals surface area (Å²) in [5.41, 5.74) is 0. The molecule has 1 heterocycles. The minimum atomic E-state index is 0.541. The summed E-state index contributed by atoms with van der Waals surface area (Å²) in [5.74, 6) is 2.96. The number of nitrogens with one attached hydrogen (secondary N) is 1. The van der Waals surface area contributed by atoms with E-state index in [9.17, 15) is 0 Å². The minimum Gasteiger partial charge on any atom is -0.481 e. The average Bonchev–Trinajstić information content (AvgIpc) is 3.12. The van der Waals surface area contributed by atoms with Crippen LogP contribution in [-0.4, -0.2) is 49.2 Å². The fourth-order valence-electron chi connectivity index (χ4n) is 1.57. The molecule has 1 saturated carbocycles. The first-order chi connectivity index (χ1) is 8.19. The van der Waals surface area contributed by atoms with Gasteiger partial charge in [-0.05, 0) is 26.9 Å². The molecule has 0 atom stereocenters. The van der Waals surface area contributed by atoms with E-state index in [-0.39, 0.29) is 0 Å². The van der Waals surface area contributed by atoms with Crippen LogP contribution in [-0.2, 0) is 0 Å². The Morgan fingerprint density at radius 2 is 2.18 bits per heavy atom. The predicted molar refractivity (Wildman–Crippen MR) is 67.6 cm³/mol. The van der Waals surface area contributed by atoms with Crippen LogP contribution < -0.4 is 10.1 Å². The van der Waals surface area contributed by atoms with E-state index < -0.39 is 0 Å². The fraction of sp³-hybridized carbons (Fsp3) is 0.667. The van der Waals surface area contributed by atoms with Gasteiger partial charge in [0.15, 0.2) is 0 Å². The van der Waals surface area contributed by atoms with Crippen molar-refractivity contribution in [2.45, 2.75) is 18.8 Å². The first-order valence-electron chi connectivity index (χ1n) is 6.00. The maximum atomic E-state index is 5.20. The maximum absolute atomic E-state index is 5.20. The Labute approximate surface area is 102 Å². The molecule has 0 aromatic carbocycles. The van der Waals surface area contributed by atoms with Crippen LogP contribution in [0.25, 0.3) is 0 Å². The largest absolute Gasteiger partial charge is 0.481 e. The maximum Gasteiger partial charge on any atom is 0.218 e. The van der Waals surface area contributed by atoms with E-state index in [0.29, 0.717) is 11.8 Å². The molecule has 0 unspecified atom stereocenters. The number of ether oxygens (including phenoxy) is 1. The second-order valence-corrected chi connectivity index (χ2v) is 4.66.